The number of allylic oxidation sites excluding steroid dienone is 9. The molecule has 0 aromatic carbocycles. The van der Waals surface area contributed by atoms with Crippen LogP contribution in [-0.4, -0.2) is 23.8 Å². The van der Waals surface area contributed by atoms with Gasteiger partial charge < -0.3 is 9.84 Å². The molecule has 138 valence electrons. The van der Waals surface area contributed by atoms with Crippen LogP contribution >= 0.6 is 12.4 Å². The number of halogens is 1. The van der Waals surface area contributed by atoms with Gasteiger partial charge in [-0.2, -0.15) is 0 Å². The molecule has 0 aromatic rings. The molecule has 1 N–H and O–H groups in total. The van der Waals surface area contributed by atoms with Gasteiger partial charge in [0.25, 0.3) is 0 Å². The van der Waals surface area contributed by atoms with Crippen molar-refractivity contribution in [2.24, 2.45) is 0 Å². The minimum absolute atomic E-state index is 0. The number of hydrogen-bond donors (Lipinski definition) is 1. The summed E-state index contributed by atoms with van der Waals surface area (Å²) in [6.45, 7) is 10.1. The first-order valence-corrected chi connectivity index (χ1v) is 8.06. The minimum Gasteiger partial charge on any atom is -0.478 e. The van der Waals surface area contributed by atoms with Gasteiger partial charge in [-0.3, -0.25) is 0 Å². The van der Waals surface area contributed by atoms with Crippen molar-refractivity contribution in [3.63, 3.8) is 0 Å². The highest BCUT2D eigenvalue weighted by molar-refractivity contribution is 5.85. The summed E-state index contributed by atoms with van der Waals surface area (Å²) >= 11 is 0. The van der Waals surface area contributed by atoms with E-state index in [9.17, 15) is 4.79 Å². The van der Waals surface area contributed by atoms with Crippen molar-refractivity contribution in [3.05, 3.63) is 70.4 Å². The molecular weight excluding hydrogens is 336 g/mol. The van der Waals surface area contributed by atoms with Crippen LogP contribution < -0.4 is 0 Å². The molecule has 3 nitrogen and oxygen atoms in total. The monoisotopic (exact) mass is 364 g/mol. The van der Waals surface area contributed by atoms with Gasteiger partial charge in [0.15, 0.2) is 0 Å². The van der Waals surface area contributed by atoms with Crippen LogP contribution in [0.25, 0.3) is 0 Å². The fourth-order valence-corrected chi connectivity index (χ4v) is 2.81. The summed E-state index contributed by atoms with van der Waals surface area (Å²) in [7, 11) is 1.75. The average Bonchev–Trinajstić information content (AvgIpc) is 2.45. The third kappa shape index (κ3) is 7.72. The first-order chi connectivity index (χ1) is 11.2. The molecular formula is C21H29ClO3. The first kappa shape index (κ1) is 23.2. The fraction of sp³-hybridized carbons (Fsp3) is 0.381. The van der Waals surface area contributed by atoms with Gasteiger partial charge in [0.05, 0.1) is 5.60 Å². The highest BCUT2D eigenvalue weighted by atomic mass is 35.5. The van der Waals surface area contributed by atoms with E-state index in [0.29, 0.717) is 5.57 Å². The van der Waals surface area contributed by atoms with Gasteiger partial charge in [-0.1, -0.05) is 41.5 Å². The zero-order valence-corrected chi connectivity index (χ0v) is 16.7. The van der Waals surface area contributed by atoms with E-state index < -0.39 is 5.97 Å². The van der Waals surface area contributed by atoms with Gasteiger partial charge in [-0.25, -0.2) is 4.79 Å². The lowest BCUT2D eigenvalue weighted by atomic mass is 9.83. The van der Waals surface area contributed by atoms with Crippen LogP contribution in [0.15, 0.2) is 70.4 Å². The zero-order valence-electron chi connectivity index (χ0n) is 15.9. The second kappa shape index (κ2) is 10.2. The van der Waals surface area contributed by atoms with Crippen LogP contribution in [-0.2, 0) is 9.53 Å². The minimum atomic E-state index is -0.928. The van der Waals surface area contributed by atoms with E-state index in [1.807, 2.05) is 19.1 Å². The van der Waals surface area contributed by atoms with Gasteiger partial charge >= 0.3 is 5.97 Å². The smallest absolute Gasteiger partial charge is 0.328 e. The summed E-state index contributed by atoms with van der Waals surface area (Å²) < 4.78 is 5.59. The van der Waals surface area contributed by atoms with E-state index in [1.54, 1.807) is 20.1 Å². The van der Waals surface area contributed by atoms with E-state index in [1.165, 1.54) is 22.8 Å². The first-order valence-electron chi connectivity index (χ1n) is 8.06. The molecule has 1 aliphatic rings. The normalized spacial score (nSPS) is 22.4. The van der Waals surface area contributed by atoms with E-state index >= 15 is 0 Å². The van der Waals surface area contributed by atoms with Crippen LogP contribution in [0.5, 0.6) is 0 Å². The van der Waals surface area contributed by atoms with Crippen molar-refractivity contribution in [1.82, 2.24) is 0 Å². The van der Waals surface area contributed by atoms with Crippen molar-refractivity contribution in [2.75, 3.05) is 7.11 Å². The maximum atomic E-state index is 10.6. The lowest BCUT2D eigenvalue weighted by Crippen LogP contribution is -2.28. The van der Waals surface area contributed by atoms with Crippen LogP contribution in [0.3, 0.4) is 0 Å². The van der Waals surface area contributed by atoms with E-state index in [2.05, 4.69) is 39.0 Å². The fourth-order valence-electron chi connectivity index (χ4n) is 2.81. The molecule has 0 saturated carbocycles. The Bertz CT molecular complexity index is 675. The molecule has 0 spiro atoms. The second-order valence-electron chi connectivity index (χ2n) is 6.54. The number of ether oxygens (including phenoxy) is 1. The summed E-state index contributed by atoms with van der Waals surface area (Å²) in [4.78, 5) is 10.6. The maximum Gasteiger partial charge on any atom is 0.328 e. The van der Waals surface area contributed by atoms with Crippen LogP contribution in [0, 0.1) is 0 Å². The topological polar surface area (TPSA) is 46.5 Å². The summed E-state index contributed by atoms with van der Waals surface area (Å²) in [5, 5.41) is 8.67. The predicted molar refractivity (Wildman–Crippen MR) is 107 cm³/mol. The van der Waals surface area contributed by atoms with E-state index in [4.69, 9.17) is 9.84 Å². The van der Waals surface area contributed by atoms with Crippen LogP contribution in [0.2, 0.25) is 0 Å². The Morgan fingerprint density at radius 2 is 1.88 bits per heavy atom. The predicted octanol–water partition coefficient (Wildman–Crippen LogP) is 5.57. The van der Waals surface area contributed by atoms with E-state index in [0.717, 1.165) is 12.0 Å². The van der Waals surface area contributed by atoms with Gasteiger partial charge in [0.1, 0.15) is 0 Å². The molecule has 0 fully saturated rings. The Hall–Kier alpha value is -1.84. The quantitative estimate of drug-likeness (QED) is 0.495. The molecule has 0 amide bonds. The molecule has 0 saturated heterocycles. The number of carboxylic acids is 1. The molecule has 1 unspecified atom stereocenters. The molecule has 0 aromatic heterocycles. The maximum absolute atomic E-state index is 10.6. The molecule has 0 heterocycles. The Morgan fingerprint density at radius 3 is 2.40 bits per heavy atom. The molecule has 1 aliphatic carbocycles. The SMILES string of the molecule is COC1(C)C=C(C)C(C=CC(C)=CC=CC(C)=CC(=O)O)=C(C)C1.Cl. The summed E-state index contributed by atoms with van der Waals surface area (Å²) in [5.41, 5.74) is 5.39. The van der Waals surface area contributed by atoms with Crippen LogP contribution in [0.4, 0.5) is 0 Å². The molecule has 0 aliphatic heterocycles. The Kier molecular flexibility index (Phi) is 9.47. The molecule has 0 radical (unpaired) electrons. The third-order valence-corrected chi connectivity index (χ3v) is 4.07. The van der Waals surface area contributed by atoms with Gasteiger partial charge in [-0.05, 0) is 57.4 Å². The molecule has 1 atom stereocenters. The largest absolute Gasteiger partial charge is 0.478 e. The highest BCUT2D eigenvalue weighted by Crippen LogP contribution is 2.34. The summed E-state index contributed by atoms with van der Waals surface area (Å²) in [5.74, 6) is -0.928. The Morgan fingerprint density at radius 1 is 1.24 bits per heavy atom. The van der Waals surface area contributed by atoms with Crippen molar-refractivity contribution in [2.45, 2.75) is 46.6 Å². The summed E-state index contributed by atoms with van der Waals surface area (Å²) in [6.07, 6.45) is 14.1. The molecule has 4 heteroatoms. The molecule has 25 heavy (non-hydrogen) atoms. The third-order valence-electron chi connectivity index (χ3n) is 4.07. The number of methoxy groups -OCH3 is 1. The highest BCUT2D eigenvalue weighted by Gasteiger charge is 2.26. The molecule has 0 bridgehead atoms. The van der Waals surface area contributed by atoms with Crippen molar-refractivity contribution < 1.29 is 14.6 Å². The van der Waals surface area contributed by atoms with Crippen LogP contribution in [0.1, 0.15) is 41.0 Å². The lowest BCUT2D eigenvalue weighted by Gasteiger charge is -2.31. The Labute approximate surface area is 157 Å². The second-order valence-corrected chi connectivity index (χ2v) is 6.54. The zero-order chi connectivity index (χ0) is 18.3. The average molecular weight is 365 g/mol. The number of rotatable bonds is 6. The van der Waals surface area contributed by atoms with Crippen molar-refractivity contribution in [3.8, 4) is 0 Å². The Balaban J connectivity index is 0.00000576. The van der Waals surface area contributed by atoms with E-state index in [-0.39, 0.29) is 18.0 Å². The van der Waals surface area contributed by atoms with Gasteiger partial charge in [0, 0.05) is 19.6 Å². The van der Waals surface area contributed by atoms with Crippen molar-refractivity contribution >= 4 is 18.4 Å². The number of hydrogen-bond acceptors (Lipinski definition) is 2. The van der Waals surface area contributed by atoms with Gasteiger partial charge in [-0.15, -0.1) is 12.4 Å². The summed E-state index contributed by atoms with van der Waals surface area (Å²) in [6, 6.07) is 0. The lowest BCUT2D eigenvalue weighted by molar-refractivity contribution is -0.131. The van der Waals surface area contributed by atoms with Gasteiger partial charge in [0.2, 0.25) is 0 Å². The number of carbonyl (C=O) groups is 1. The number of aliphatic carboxylic acids is 1. The van der Waals surface area contributed by atoms with Crippen molar-refractivity contribution in [1.29, 1.82) is 0 Å². The molecule has 1 rings (SSSR count). The standard InChI is InChI=1S/C21H28O3.ClH/c1-15(8-7-9-16(2)12-20(22)23)10-11-19-17(3)13-21(5,24-6)14-18(19)4;/h7-13H,14H2,1-6H3,(H,22,23);1H. The number of carboxylic acid groups (broad SMARTS) is 1.